The molecule has 0 spiro atoms. The van der Waals surface area contributed by atoms with Gasteiger partial charge >= 0.3 is 5.97 Å². The zero-order chi connectivity index (χ0) is 22.1. The van der Waals surface area contributed by atoms with Crippen molar-refractivity contribution in [2.24, 2.45) is 0 Å². The Bertz CT molecular complexity index is 1180. The molecular formula is C22H20ClFN4O3. The van der Waals surface area contributed by atoms with Crippen LogP contribution >= 0.6 is 11.6 Å². The highest BCUT2D eigenvalue weighted by Crippen LogP contribution is 2.29. The van der Waals surface area contributed by atoms with Crippen LogP contribution in [-0.2, 0) is 19.6 Å². The number of amides is 1. The number of likely N-dealkylation sites (N-methyl/N-ethyl adjacent to an activating group) is 1. The molecule has 1 aromatic heterocycles. The van der Waals surface area contributed by atoms with E-state index in [1.807, 2.05) is 11.6 Å². The van der Waals surface area contributed by atoms with Gasteiger partial charge in [-0.05, 0) is 42.9 Å². The van der Waals surface area contributed by atoms with Gasteiger partial charge in [-0.15, -0.1) is 0 Å². The molecule has 4 rings (SSSR count). The maximum absolute atomic E-state index is 14.6. The largest absolute Gasteiger partial charge is 0.478 e. The lowest BCUT2D eigenvalue weighted by Crippen LogP contribution is -2.32. The molecule has 0 atom stereocenters. The van der Waals surface area contributed by atoms with Gasteiger partial charge in [0.15, 0.2) is 5.69 Å². The van der Waals surface area contributed by atoms with Crippen molar-refractivity contribution in [2.45, 2.75) is 19.6 Å². The highest BCUT2D eigenvalue weighted by atomic mass is 35.5. The zero-order valence-electron chi connectivity index (χ0n) is 16.7. The van der Waals surface area contributed by atoms with Crippen molar-refractivity contribution in [3.05, 3.63) is 75.8 Å². The number of nitrogens with one attached hydrogen (secondary N) is 1. The topological polar surface area (TPSA) is 87.5 Å². The van der Waals surface area contributed by atoms with Crippen molar-refractivity contribution in [3.8, 4) is 11.4 Å². The number of rotatable bonds is 5. The number of benzene rings is 2. The predicted octanol–water partition coefficient (Wildman–Crippen LogP) is 3.42. The molecule has 0 aliphatic carbocycles. The predicted molar refractivity (Wildman–Crippen MR) is 114 cm³/mol. The quantitative estimate of drug-likeness (QED) is 0.632. The molecule has 3 aromatic rings. The van der Waals surface area contributed by atoms with Crippen molar-refractivity contribution in [2.75, 3.05) is 13.6 Å². The summed E-state index contributed by atoms with van der Waals surface area (Å²) in [5.41, 5.74) is 2.01. The van der Waals surface area contributed by atoms with Crippen LogP contribution in [0.5, 0.6) is 0 Å². The lowest BCUT2D eigenvalue weighted by atomic mass is 10.1. The van der Waals surface area contributed by atoms with E-state index in [9.17, 15) is 14.0 Å². The van der Waals surface area contributed by atoms with E-state index in [-0.39, 0.29) is 28.4 Å². The van der Waals surface area contributed by atoms with Gasteiger partial charge in [-0.1, -0.05) is 23.7 Å². The molecule has 9 heteroatoms. The Hall–Kier alpha value is -3.23. The van der Waals surface area contributed by atoms with Gasteiger partial charge in [0.1, 0.15) is 11.6 Å². The molecule has 0 fully saturated rings. The van der Waals surface area contributed by atoms with Gasteiger partial charge < -0.3 is 15.0 Å². The third-order valence-corrected chi connectivity index (χ3v) is 5.45. The summed E-state index contributed by atoms with van der Waals surface area (Å²) in [7, 11) is 1.94. The van der Waals surface area contributed by atoms with E-state index in [4.69, 9.17) is 16.7 Å². The molecule has 2 aromatic carbocycles. The van der Waals surface area contributed by atoms with Gasteiger partial charge in [-0.2, -0.15) is 0 Å². The lowest BCUT2D eigenvalue weighted by molar-refractivity contribution is 0.0696. The minimum absolute atomic E-state index is 0.146. The van der Waals surface area contributed by atoms with Crippen molar-refractivity contribution >= 4 is 23.5 Å². The average Bonchev–Trinajstić information content (AvgIpc) is 3.10. The van der Waals surface area contributed by atoms with Crippen LogP contribution < -0.4 is 5.32 Å². The molecule has 7 nitrogen and oxygen atoms in total. The van der Waals surface area contributed by atoms with Crippen molar-refractivity contribution in [1.82, 2.24) is 19.8 Å². The summed E-state index contributed by atoms with van der Waals surface area (Å²) in [5.74, 6) is -1.55. The number of aromatic carboxylic acids is 1. The normalized spacial score (nSPS) is 13.6. The molecule has 2 N–H and O–H groups in total. The Morgan fingerprint density at radius 1 is 1.23 bits per heavy atom. The van der Waals surface area contributed by atoms with E-state index >= 15 is 0 Å². The van der Waals surface area contributed by atoms with Crippen molar-refractivity contribution < 1.29 is 19.1 Å². The molecule has 1 aliphatic rings. The van der Waals surface area contributed by atoms with E-state index in [0.717, 1.165) is 6.54 Å². The van der Waals surface area contributed by atoms with E-state index in [2.05, 4.69) is 15.2 Å². The number of carbonyl (C=O) groups excluding carboxylic acids is 1. The summed E-state index contributed by atoms with van der Waals surface area (Å²) in [5, 5.41) is 12.2. The number of carboxylic acids is 1. The van der Waals surface area contributed by atoms with Crippen LogP contribution in [-0.4, -0.2) is 45.0 Å². The summed E-state index contributed by atoms with van der Waals surface area (Å²) in [4.78, 5) is 30.7. The highest BCUT2D eigenvalue weighted by molar-refractivity contribution is 6.30. The fourth-order valence-electron chi connectivity index (χ4n) is 3.63. The van der Waals surface area contributed by atoms with Gasteiger partial charge in [0.05, 0.1) is 16.8 Å². The molecule has 0 unspecified atom stereocenters. The molecule has 0 saturated heterocycles. The number of halogens is 2. The summed E-state index contributed by atoms with van der Waals surface area (Å²) in [6.45, 7) is 1.96. The third-order valence-electron chi connectivity index (χ3n) is 5.21. The Balaban J connectivity index is 1.65. The minimum atomic E-state index is -1.03. The molecule has 2 heterocycles. The summed E-state index contributed by atoms with van der Waals surface area (Å²) < 4.78 is 16.4. The minimum Gasteiger partial charge on any atom is -0.478 e. The van der Waals surface area contributed by atoms with E-state index < -0.39 is 17.7 Å². The number of imidazole rings is 1. The SMILES string of the molecule is CN1CCn2c(-c3ccc(Cl)cc3F)nc(C(=O)NCc3cccc(C(=O)O)c3)c2C1. The van der Waals surface area contributed by atoms with E-state index in [1.54, 1.807) is 24.3 Å². The Morgan fingerprint density at radius 2 is 2.03 bits per heavy atom. The first-order valence-corrected chi connectivity index (χ1v) is 10.0. The summed E-state index contributed by atoms with van der Waals surface area (Å²) in [6, 6.07) is 10.7. The maximum atomic E-state index is 14.6. The van der Waals surface area contributed by atoms with Gasteiger partial charge in [0.25, 0.3) is 5.91 Å². The number of nitrogens with zero attached hydrogens (tertiary/aromatic N) is 3. The molecule has 0 radical (unpaired) electrons. The molecule has 1 amide bonds. The van der Waals surface area contributed by atoms with Gasteiger partial charge in [0, 0.05) is 31.2 Å². The Kier molecular flexibility index (Phi) is 5.75. The summed E-state index contributed by atoms with van der Waals surface area (Å²) >= 11 is 5.88. The first-order chi connectivity index (χ1) is 14.8. The number of aromatic nitrogens is 2. The van der Waals surface area contributed by atoms with Crippen molar-refractivity contribution in [1.29, 1.82) is 0 Å². The van der Waals surface area contributed by atoms with Crippen LogP contribution in [0.1, 0.15) is 32.1 Å². The Labute approximate surface area is 183 Å². The monoisotopic (exact) mass is 442 g/mol. The van der Waals surface area contributed by atoms with Gasteiger partial charge in [-0.25, -0.2) is 14.2 Å². The molecule has 0 saturated carbocycles. The Morgan fingerprint density at radius 3 is 2.77 bits per heavy atom. The van der Waals surface area contributed by atoms with E-state index in [1.165, 1.54) is 18.2 Å². The number of carboxylic acid groups (broad SMARTS) is 1. The fraction of sp³-hybridized carbons (Fsp3) is 0.227. The number of hydrogen-bond acceptors (Lipinski definition) is 4. The number of carbonyl (C=O) groups is 2. The second-order valence-corrected chi connectivity index (χ2v) is 7.87. The molecular weight excluding hydrogens is 423 g/mol. The average molecular weight is 443 g/mol. The first-order valence-electron chi connectivity index (χ1n) is 9.67. The first kappa shape index (κ1) is 21.0. The standard InChI is InChI=1S/C22H20ClFN4O3/c1-27-7-8-28-18(12-27)19(26-20(28)16-6-5-15(23)10-17(16)24)21(29)25-11-13-3-2-4-14(9-13)22(30)31/h2-6,9-10H,7-8,11-12H2,1H3,(H,25,29)(H,30,31). The molecule has 31 heavy (non-hydrogen) atoms. The van der Waals surface area contributed by atoms with Crippen LogP contribution in [0.15, 0.2) is 42.5 Å². The van der Waals surface area contributed by atoms with Crippen LogP contribution in [0, 0.1) is 5.82 Å². The molecule has 160 valence electrons. The van der Waals surface area contributed by atoms with Crippen LogP contribution in [0.2, 0.25) is 5.02 Å². The summed E-state index contributed by atoms with van der Waals surface area (Å²) in [6.07, 6.45) is 0. The number of fused-ring (bicyclic) bond motifs is 1. The van der Waals surface area contributed by atoms with Crippen LogP contribution in [0.4, 0.5) is 4.39 Å². The second kappa shape index (κ2) is 8.49. The number of hydrogen-bond donors (Lipinski definition) is 2. The molecule has 0 bridgehead atoms. The van der Waals surface area contributed by atoms with Crippen molar-refractivity contribution in [3.63, 3.8) is 0 Å². The fourth-order valence-corrected chi connectivity index (χ4v) is 3.79. The maximum Gasteiger partial charge on any atom is 0.335 e. The van der Waals surface area contributed by atoms with Crippen LogP contribution in [0.3, 0.4) is 0 Å². The lowest BCUT2D eigenvalue weighted by Gasteiger charge is -2.25. The van der Waals surface area contributed by atoms with Crippen LogP contribution in [0.25, 0.3) is 11.4 Å². The van der Waals surface area contributed by atoms with E-state index in [0.29, 0.717) is 30.2 Å². The van der Waals surface area contributed by atoms with Gasteiger partial charge in [0.2, 0.25) is 0 Å². The second-order valence-electron chi connectivity index (χ2n) is 7.43. The smallest absolute Gasteiger partial charge is 0.335 e. The molecule has 1 aliphatic heterocycles. The third kappa shape index (κ3) is 4.30. The zero-order valence-corrected chi connectivity index (χ0v) is 17.5. The highest BCUT2D eigenvalue weighted by Gasteiger charge is 2.27. The van der Waals surface area contributed by atoms with Gasteiger partial charge in [-0.3, -0.25) is 9.69 Å².